The van der Waals surface area contributed by atoms with Crippen LogP contribution in [0.4, 0.5) is 0 Å². The summed E-state index contributed by atoms with van der Waals surface area (Å²) in [5, 5.41) is 7.62. The highest BCUT2D eigenvalue weighted by molar-refractivity contribution is 7.07. The number of hydrogen-bond acceptors (Lipinski definition) is 5. The van der Waals surface area contributed by atoms with Gasteiger partial charge in [0, 0.05) is 10.9 Å². The van der Waals surface area contributed by atoms with Gasteiger partial charge in [-0.05, 0) is 35.9 Å². The highest BCUT2D eigenvalue weighted by Gasteiger charge is 2.13. The highest BCUT2D eigenvalue weighted by Crippen LogP contribution is 2.32. The lowest BCUT2D eigenvalue weighted by Gasteiger charge is -2.05. The van der Waals surface area contributed by atoms with Crippen molar-refractivity contribution in [1.82, 2.24) is 4.68 Å². The molecule has 8 heteroatoms. The molecule has 5 nitrogen and oxygen atoms in total. The first-order valence-electron chi connectivity index (χ1n) is 8.37. The summed E-state index contributed by atoms with van der Waals surface area (Å²) in [6.45, 7) is 4.46. The van der Waals surface area contributed by atoms with Gasteiger partial charge in [-0.2, -0.15) is 5.10 Å². The third-order valence-electron chi connectivity index (χ3n) is 3.98. The zero-order valence-electron chi connectivity index (χ0n) is 14.6. The average molecular weight is 432 g/mol. The molecule has 0 aliphatic carbocycles. The van der Waals surface area contributed by atoms with E-state index < -0.39 is 0 Å². The molecular weight excluding hydrogens is 417 g/mol. The lowest BCUT2D eigenvalue weighted by atomic mass is 10.2. The molecule has 1 aliphatic rings. The Kier molecular flexibility index (Phi) is 5.52. The van der Waals surface area contributed by atoms with Crippen molar-refractivity contribution in [2.24, 2.45) is 10.1 Å². The van der Waals surface area contributed by atoms with Gasteiger partial charge in [-0.15, -0.1) is 17.9 Å². The number of nitrogens with zero attached hydrogens (tertiary/aromatic N) is 3. The fourth-order valence-corrected chi connectivity index (χ4v) is 3.78. The van der Waals surface area contributed by atoms with Crippen LogP contribution < -0.4 is 14.3 Å². The Labute approximate surface area is 175 Å². The van der Waals surface area contributed by atoms with Crippen molar-refractivity contribution in [1.29, 1.82) is 0 Å². The van der Waals surface area contributed by atoms with Gasteiger partial charge < -0.3 is 9.47 Å². The zero-order valence-corrected chi connectivity index (χ0v) is 17.0. The molecule has 0 amide bonds. The van der Waals surface area contributed by atoms with E-state index in [4.69, 9.17) is 32.7 Å². The van der Waals surface area contributed by atoms with Gasteiger partial charge in [0.25, 0.3) is 0 Å². The van der Waals surface area contributed by atoms with E-state index in [0.29, 0.717) is 22.3 Å². The predicted octanol–water partition coefficient (Wildman–Crippen LogP) is 5.22. The van der Waals surface area contributed by atoms with Crippen LogP contribution in [0.1, 0.15) is 5.56 Å². The van der Waals surface area contributed by atoms with Crippen molar-refractivity contribution >= 4 is 40.8 Å². The van der Waals surface area contributed by atoms with E-state index in [1.54, 1.807) is 23.0 Å². The maximum absolute atomic E-state index is 6.19. The molecule has 0 bridgehead atoms. The Balaban J connectivity index is 1.76. The summed E-state index contributed by atoms with van der Waals surface area (Å²) in [6.07, 6.45) is 3.49. The van der Waals surface area contributed by atoms with Gasteiger partial charge in [0.2, 0.25) is 11.6 Å². The van der Waals surface area contributed by atoms with E-state index in [1.165, 1.54) is 11.3 Å². The molecule has 1 aromatic heterocycles. The van der Waals surface area contributed by atoms with Crippen molar-refractivity contribution in [2.45, 2.75) is 0 Å². The molecule has 28 heavy (non-hydrogen) atoms. The molecule has 0 spiro atoms. The summed E-state index contributed by atoms with van der Waals surface area (Å²) in [6, 6.07) is 11.2. The van der Waals surface area contributed by atoms with E-state index in [0.717, 1.165) is 27.4 Å². The van der Waals surface area contributed by atoms with Gasteiger partial charge in [0.1, 0.15) is 0 Å². The topological polar surface area (TPSA) is 48.1 Å². The fourth-order valence-electron chi connectivity index (χ4n) is 2.63. The molecule has 0 N–H and O–H groups in total. The van der Waals surface area contributed by atoms with Crippen LogP contribution in [-0.4, -0.2) is 24.2 Å². The van der Waals surface area contributed by atoms with Gasteiger partial charge >= 0.3 is 0 Å². The average Bonchev–Trinajstić information content (AvgIpc) is 3.33. The predicted molar refractivity (Wildman–Crippen MR) is 114 cm³/mol. The van der Waals surface area contributed by atoms with Crippen LogP contribution in [-0.2, 0) is 0 Å². The molecule has 4 rings (SSSR count). The number of halogens is 2. The molecule has 1 aliphatic heterocycles. The SMILES string of the molecule is C=CCN=c1scc(-c2ccc(Cl)c(Cl)c2)n1/N=C\c1ccc2c(c1)OCO2. The maximum Gasteiger partial charge on any atom is 0.231 e. The molecule has 0 unspecified atom stereocenters. The second kappa shape index (κ2) is 8.22. The monoisotopic (exact) mass is 431 g/mol. The van der Waals surface area contributed by atoms with Crippen LogP contribution >= 0.6 is 34.5 Å². The van der Waals surface area contributed by atoms with E-state index in [2.05, 4.69) is 16.7 Å². The molecule has 142 valence electrons. The molecule has 0 saturated heterocycles. The van der Waals surface area contributed by atoms with Crippen LogP contribution in [0, 0.1) is 0 Å². The van der Waals surface area contributed by atoms with E-state index in [-0.39, 0.29) is 6.79 Å². The molecule has 3 aromatic rings. The molecule has 2 aromatic carbocycles. The largest absolute Gasteiger partial charge is 0.454 e. The summed E-state index contributed by atoms with van der Waals surface area (Å²) in [5.41, 5.74) is 2.65. The quantitative estimate of drug-likeness (QED) is 0.410. The van der Waals surface area contributed by atoms with E-state index >= 15 is 0 Å². The van der Waals surface area contributed by atoms with Gasteiger partial charge in [-0.3, -0.25) is 4.99 Å². The minimum atomic E-state index is 0.237. The van der Waals surface area contributed by atoms with Gasteiger partial charge in [-0.25, -0.2) is 4.68 Å². The second-order valence-corrected chi connectivity index (χ2v) is 7.48. The van der Waals surface area contributed by atoms with E-state index in [1.807, 2.05) is 35.7 Å². The number of thiazole rings is 1. The van der Waals surface area contributed by atoms with Gasteiger partial charge in [-0.1, -0.05) is 35.3 Å². The van der Waals surface area contributed by atoms with Crippen LogP contribution in [0.3, 0.4) is 0 Å². The molecule has 0 radical (unpaired) electrons. The summed E-state index contributed by atoms with van der Waals surface area (Å²) < 4.78 is 12.5. The Morgan fingerprint density at radius 2 is 1.96 bits per heavy atom. The third-order valence-corrected chi connectivity index (χ3v) is 5.57. The summed E-state index contributed by atoms with van der Waals surface area (Å²) in [7, 11) is 0. The number of fused-ring (bicyclic) bond motifs is 1. The lowest BCUT2D eigenvalue weighted by molar-refractivity contribution is 0.174. The molecule has 0 saturated carbocycles. The fraction of sp³-hybridized carbons (Fsp3) is 0.100. The second-order valence-electron chi connectivity index (χ2n) is 5.83. The smallest absolute Gasteiger partial charge is 0.231 e. The molecule has 2 heterocycles. The summed E-state index contributed by atoms with van der Waals surface area (Å²) >= 11 is 13.7. The van der Waals surface area contributed by atoms with Crippen molar-refractivity contribution in [3.63, 3.8) is 0 Å². The first-order chi connectivity index (χ1) is 13.7. The van der Waals surface area contributed by atoms with Crippen LogP contribution in [0.15, 0.2) is 64.5 Å². The minimum absolute atomic E-state index is 0.237. The van der Waals surface area contributed by atoms with Crippen LogP contribution in [0.25, 0.3) is 11.3 Å². The first kappa shape index (κ1) is 18.8. The Morgan fingerprint density at radius 3 is 2.79 bits per heavy atom. The summed E-state index contributed by atoms with van der Waals surface area (Å²) in [4.78, 5) is 5.27. The third kappa shape index (κ3) is 3.85. The van der Waals surface area contributed by atoms with Crippen molar-refractivity contribution < 1.29 is 9.47 Å². The van der Waals surface area contributed by atoms with Gasteiger partial charge in [0.15, 0.2) is 11.5 Å². The summed E-state index contributed by atoms with van der Waals surface area (Å²) in [5.74, 6) is 1.44. The minimum Gasteiger partial charge on any atom is -0.454 e. The molecule has 0 fully saturated rings. The zero-order chi connectivity index (χ0) is 19.5. The normalized spacial score (nSPS) is 13.4. The Bertz CT molecular complexity index is 1130. The van der Waals surface area contributed by atoms with Crippen molar-refractivity contribution in [2.75, 3.05) is 13.3 Å². The lowest BCUT2D eigenvalue weighted by Crippen LogP contribution is -2.12. The van der Waals surface area contributed by atoms with Gasteiger partial charge in [0.05, 0.1) is 28.5 Å². The Hall–Kier alpha value is -2.54. The number of aromatic nitrogens is 1. The first-order valence-corrected chi connectivity index (χ1v) is 10.0. The molecule has 0 atom stereocenters. The van der Waals surface area contributed by atoms with Crippen molar-refractivity contribution in [3.05, 3.63) is 74.8 Å². The van der Waals surface area contributed by atoms with E-state index in [9.17, 15) is 0 Å². The Morgan fingerprint density at radius 1 is 1.11 bits per heavy atom. The highest BCUT2D eigenvalue weighted by atomic mass is 35.5. The standard InChI is InChI=1S/C20H15Cl2N3O2S/c1-2-7-23-20-25(17(11-28-20)14-4-5-15(21)16(22)9-14)24-10-13-3-6-18-19(8-13)27-12-26-18/h2-6,8-11H,1,7,12H2/b23-20?,24-10-. The number of hydrogen-bond donors (Lipinski definition) is 0. The van der Waals surface area contributed by atoms with Crippen LogP contribution in [0.5, 0.6) is 11.5 Å². The number of rotatable bonds is 5. The number of ether oxygens (including phenoxy) is 2. The molecular formula is C20H15Cl2N3O2S. The van der Waals surface area contributed by atoms with Crippen molar-refractivity contribution in [3.8, 4) is 22.8 Å². The maximum atomic E-state index is 6.19. The van der Waals surface area contributed by atoms with Crippen LogP contribution in [0.2, 0.25) is 10.0 Å². The number of benzene rings is 2.